The van der Waals surface area contributed by atoms with Crippen molar-refractivity contribution in [3.63, 3.8) is 0 Å². The number of nitrogens with zero attached hydrogens (tertiary/aromatic N) is 1. The molecule has 0 radical (unpaired) electrons. The van der Waals surface area contributed by atoms with E-state index < -0.39 is 0 Å². The lowest BCUT2D eigenvalue weighted by molar-refractivity contribution is 0.238. The number of aliphatic hydroxyl groups excluding tert-OH is 1. The molecule has 0 unspecified atom stereocenters. The third-order valence-electron chi connectivity index (χ3n) is 3.43. The van der Waals surface area contributed by atoms with E-state index in [9.17, 15) is 0 Å². The van der Waals surface area contributed by atoms with Gasteiger partial charge in [0.15, 0.2) is 0 Å². The topological polar surface area (TPSA) is 23.5 Å². The van der Waals surface area contributed by atoms with Crippen molar-refractivity contribution in [3.8, 4) is 0 Å². The molecular formula is C14H20BrNO. The van der Waals surface area contributed by atoms with Gasteiger partial charge in [-0.05, 0) is 49.4 Å². The van der Waals surface area contributed by atoms with Crippen LogP contribution in [0.15, 0.2) is 22.7 Å². The van der Waals surface area contributed by atoms with Crippen molar-refractivity contribution in [1.29, 1.82) is 0 Å². The Bertz CT molecular complexity index is 367. The second-order valence-corrected chi connectivity index (χ2v) is 5.54. The lowest BCUT2D eigenvalue weighted by atomic mass is 10.00. The van der Waals surface area contributed by atoms with Gasteiger partial charge >= 0.3 is 0 Å². The zero-order valence-corrected chi connectivity index (χ0v) is 11.7. The fourth-order valence-electron chi connectivity index (χ4n) is 2.41. The molecule has 0 atom stereocenters. The smallest absolute Gasteiger partial charge is 0.0431 e. The lowest BCUT2D eigenvalue weighted by Gasteiger charge is -2.29. The van der Waals surface area contributed by atoms with Crippen LogP contribution in [0.3, 0.4) is 0 Å². The minimum atomic E-state index is 0.328. The molecule has 1 aromatic carbocycles. The van der Waals surface area contributed by atoms with Gasteiger partial charge in [-0.2, -0.15) is 0 Å². The van der Waals surface area contributed by atoms with Gasteiger partial charge in [0.25, 0.3) is 0 Å². The van der Waals surface area contributed by atoms with E-state index in [-0.39, 0.29) is 0 Å². The molecule has 0 saturated carbocycles. The monoisotopic (exact) mass is 297 g/mol. The SMILES string of the molecule is OCCCCCN1CCc2cccc(Br)c2C1. The summed E-state index contributed by atoms with van der Waals surface area (Å²) >= 11 is 3.64. The fourth-order valence-corrected chi connectivity index (χ4v) is 2.94. The van der Waals surface area contributed by atoms with Crippen molar-refractivity contribution in [2.24, 2.45) is 0 Å². The van der Waals surface area contributed by atoms with Crippen LogP contribution in [0.5, 0.6) is 0 Å². The van der Waals surface area contributed by atoms with Crippen LogP contribution in [-0.2, 0) is 13.0 Å². The third kappa shape index (κ3) is 3.54. The standard InChI is InChI=1S/C14H20BrNO/c15-14-6-4-5-12-7-9-16(11-13(12)14)8-2-1-3-10-17/h4-6,17H,1-3,7-11H2. The summed E-state index contributed by atoms with van der Waals surface area (Å²) in [4.78, 5) is 2.52. The van der Waals surface area contributed by atoms with Gasteiger partial charge in [0.2, 0.25) is 0 Å². The zero-order valence-electron chi connectivity index (χ0n) is 10.2. The maximum atomic E-state index is 8.75. The highest BCUT2D eigenvalue weighted by Crippen LogP contribution is 2.26. The second kappa shape index (κ2) is 6.53. The second-order valence-electron chi connectivity index (χ2n) is 4.69. The average Bonchev–Trinajstić information content (AvgIpc) is 2.36. The molecule has 1 aliphatic rings. The van der Waals surface area contributed by atoms with Gasteiger partial charge in [-0.15, -0.1) is 0 Å². The summed E-state index contributed by atoms with van der Waals surface area (Å²) in [5, 5.41) is 8.75. The number of halogens is 1. The molecule has 3 heteroatoms. The van der Waals surface area contributed by atoms with Crippen molar-refractivity contribution in [2.45, 2.75) is 32.2 Å². The van der Waals surface area contributed by atoms with Crippen LogP contribution in [0.4, 0.5) is 0 Å². The Morgan fingerprint density at radius 2 is 2.12 bits per heavy atom. The van der Waals surface area contributed by atoms with Gasteiger partial charge in [0.1, 0.15) is 0 Å². The Hall–Kier alpha value is -0.380. The predicted octanol–water partition coefficient (Wildman–Crippen LogP) is 2.97. The fraction of sp³-hybridized carbons (Fsp3) is 0.571. The summed E-state index contributed by atoms with van der Waals surface area (Å²) < 4.78 is 1.25. The number of benzene rings is 1. The van der Waals surface area contributed by atoms with Gasteiger partial charge in [-0.3, -0.25) is 4.90 Å². The molecular weight excluding hydrogens is 278 g/mol. The van der Waals surface area contributed by atoms with Gasteiger partial charge in [-0.1, -0.05) is 28.1 Å². The quantitative estimate of drug-likeness (QED) is 0.845. The molecule has 0 saturated heterocycles. The minimum absolute atomic E-state index is 0.328. The van der Waals surface area contributed by atoms with E-state index in [1.807, 2.05) is 0 Å². The van der Waals surface area contributed by atoms with Crippen LogP contribution < -0.4 is 0 Å². The summed E-state index contributed by atoms with van der Waals surface area (Å²) in [5.74, 6) is 0. The van der Waals surface area contributed by atoms with Crippen molar-refractivity contribution >= 4 is 15.9 Å². The average molecular weight is 298 g/mol. The first kappa shape index (κ1) is 13.1. The molecule has 17 heavy (non-hydrogen) atoms. The molecule has 0 aromatic heterocycles. The summed E-state index contributed by atoms with van der Waals surface area (Å²) in [6.45, 7) is 3.72. The molecule has 1 aromatic rings. The maximum Gasteiger partial charge on any atom is 0.0431 e. The van der Waals surface area contributed by atoms with Crippen LogP contribution in [0, 0.1) is 0 Å². The van der Waals surface area contributed by atoms with Gasteiger partial charge in [-0.25, -0.2) is 0 Å². The molecule has 2 rings (SSSR count). The van der Waals surface area contributed by atoms with Crippen LogP contribution >= 0.6 is 15.9 Å². The van der Waals surface area contributed by atoms with E-state index in [4.69, 9.17) is 5.11 Å². The van der Waals surface area contributed by atoms with Gasteiger partial charge in [0.05, 0.1) is 0 Å². The molecule has 1 heterocycles. The van der Waals surface area contributed by atoms with E-state index >= 15 is 0 Å². The first-order valence-corrected chi connectivity index (χ1v) is 7.20. The Labute approximate surface area is 112 Å². The maximum absolute atomic E-state index is 8.75. The van der Waals surface area contributed by atoms with Crippen molar-refractivity contribution in [2.75, 3.05) is 19.7 Å². The molecule has 0 fully saturated rings. The molecule has 0 amide bonds. The van der Waals surface area contributed by atoms with Crippen LogP contribution in [0.25, 0.3) is 0 Å². The Morgan fingerprint density at radius 1 is 1.24 bits per heavy atom. The van der Waals surface area contributed by atoms with Gasteiger partial charge in [0, 0.05) is 24.2 Å². The van der Waals surface area contributed by atoms with Crippen molar-refractivity contribution in [3.05, 3.63) is 33.8 Å². The zero-order chi connectivity index (χ0) is 12.1. The number of rotatable bonds is 5. The molecule has 0 spiro atoms. The molecule has 2 nitrogen and oxygen atoms in total. The highest BCUT2D eigenvalue weighted by atomic mass is 79.9. The van der Waals surface area contributed by atoms with Crippen molar-refractivity contribution < 1.29 is 5.11 Å². The summed E-state index contributed by atoms with van der Waals surface area (Å²) in [6, 6.07) is 6.50. The Balaban J connectivity index is 1.87. The van der Waals surface area contributed by atoms with E-state index in [0.29, 0.717) is 6.61 Å². The number of fused-ring (bicyclic) bond motifs is 1. The normalized spacial score (nSPS) is 15.9. The minimum Gasteiger partial charge on any atom is -0.396 e. The summed E-state index contributed by atoms with van der Waals surface area (Å²) in [6.07, 6.45) is 4.43. The number of aliphatic hydroxyl groups is 1. The highest BCUT2D eigenvalue weighted by molar-refractivity contribution is 9.10. The largest absolute Gasteiger partial charge is 0.396 e. The van der Waals surface area contributed by atoms with Crippen LogP contribution in [-0.4, -0.2) is 29.7 Å². The predicted molar refractivity (Wildman–Crippen MR) is 74.1 cm³/mol. The molecule has 1 aliphatic heterocycles. The Morgan fingerprint density at radius 3 is 2.94 bits per heavy atom. The molecule has 0 aliphatic carbocycles. The lowest BCUT2D eigenvalue weighted by Crippen LogP contribution is -2.31. The number of hydrogen-bond acceptors (Lipinski definition) is 2. The van der Waals surface area contributed by atoms with Crippen molar-refractivity contribution in [1.82, 2.24) is 4.90 Å². The molecule has 94 valence electrons. The molecule has 1 N–H and O–H groups in total. The number of unbranched alkanes of at least 4 members (excludes halogenated alkanes) is 2. The summed E-state index contributed by atoms with van der Waals surface area (Å²) in [5.41, 5.74) is 2.95. The number of hydrogen-bond donors (Lipinski definition) is 1. The third-order valence-corrected chi connectivity index (χ3v) is 4.17. The van der Waals surface area contributed by atoms with E-state index in [2.05, 4.69) is 39.0 Å². The summed E-state index contributed by atoms with van der Waals surface area (Å²) in [7, 11) is 0. The van der Waals surface area contributed by atoms with E-state index in [1.54, 1.807) is 0 Å². The van der Waals surface area contributed by atoms with E-state index in [0.717, 1.165) is 32.4 Å². The van der Waals surface area contributed by atoms with E-state index in [1.165, 1.54) is 28.6 Å². The van der Waals surface area contributed by atoms with Crippen LogP contribution in [0.1, 0.15) is 30.4 Å². The first-order valence-electron chi connectivity index (χ1n) is 6.41. The Kier molecular flexibility index (Phi) is 5.01. The highest BCUT2D eigenvalue weighted by Gasteiger charge is 2.17. The van der Waals surface area contributed by atoms with Crippen LogP contribution in [0.2, 0.25) is 0 Å². The van der Waals surface area contributed by atoms with Gasteiger partial charge < -0.3 is 5.11 Å². The first-order chi connectivity index (χ1) is 8.31. The molecule has 0 bridgehead atoms.